The Morgan fingerprint density at radius 2 is 0.812 bits per heavy atom. The summed E-state index contributed by atoms with van der Waals surface area (Å²) < 4.78 is 13.5. The largest absolute Gasteiger partial charge is 1.00 e. The number of hydrogen-bond acceptors (Lipinski definition) is 2. The topological polar surface area (TPSA) is 18.5 Å². The van der Waals surface area contributed by atoms with E-state index < -0.39 is 0 Å². The predicted molar refractivity (Wildman–Crippen MR) is 126 cm³/mol. The number of halogens is 2. The summed E-state index contributed by atoms with van der Waals surface area (Å²) in [5, 5.41) is 0. The molecule has 0 amide bonds. The Bertz CT molecular complexity index is 643. The number of quaternary nitrogens is 2. The summed E-state index contributed by atoms with van der Waals surface area (Å²) in [6.07, 6.45) is 0. The van der Waals surface area contributed by atoms with E-state index in [4.69, 9.17) is 9.47 Å². The van der Waals surface area contributed by atoms with Crippen LogP contribution in [0.15, 0.2) is 24.3 Å². The molecular weight excluding hydrogens is 626 g/mol. The highest BCUT2D eigenvalue weighted by Gasteiger charge is 2.19. The van der Waals surface area contributed by atoms with Crippen molar-refractivity contribution in [2.24, 2.45) is 0 Å². The second kappa shape index (κ2) is 18.7. The van der Waals surface area contributed by atoms with Crippen LogP contribution in [0.4, 0.5) is 0 Å². The molecule has 0 heterocycles. The van der Waals surface area contributed by atoms with E-state index in [1.54, 1.807) is 0 Å². The molecule has 182 valence electrons. The Morgan fingerprint density at radius 1 is 0.531 bits per heavy atom. The third-order valence-corrected chi connectivity index (χ3v) is 6.55. The highest BCUT2D eigenvalue weighted by Crippen LogP contribution is 2.17. The predicted octanol–water partition coefficient (Wildman–Crippen LogP) is -1.79. The van der Waals surface area contributed by atoms with Gasteiger partial charge in [0.15, 0.2) is 0 Å². The number of rotatable bonds is 12. The zero-order valence-corrected chi connectivity index (χ0v) is 25.2. The second-order valence-electron chi connectivity index (χ2n) is 7.65. The van der Waals surface area contributed by atoms with Gasteiger partial charge in [0, 0.05) is 0 Å². The lowest BCUT2D eigenvalue weighted by Crippen LogP contribution is -3.00. The molecule has 0 aromatic heterocycles. The summed E-state index contributed by atoms with van der Waals surface area (Å²) in [5.41, 5.74) is 0. The molecule has 4 nitrogen and oxygen atoms in total. The van der Waals surface area contributed by atoms with Gasteiger partial charge in [0.2, 0.25) is 0 Å². The second-order valence-corrected chi connectivity index (χ2v) is 7.65. The number of hydrogen-bond donors (Lipinski definition) is 0. The van der Waals surface area contributed by atoms with Crippen LogP contribution in [0.3, 0.4) is 0 Å². The van der Waals surface area contributed by atoms with Gasteiger partial charge < -0.3 is 66.4 Å². The van der Waals surface area contributed by atoms with Crippen molar-refractivity contribution in [3.63, 3.8) is 0 Å². The standard InChI is InChI=1S/C26H42N2O2.2HI/c1-7-27(8-2,9-3)21-13-15-23-29-25-17-19-26(20-18-25)30-24-16-14-22-28(10-4,11-5)12-6;;/h17-20H,7-12,21-24H2,1-6H3;2*1H/q+2;;/p-2. The first-order chi connectivity index (χ1) is 14.5. The van der Waals surface area contributed by atoms with Gasteiger partial charge in [-0.15, -0.1) is 0 Å². The Morgan fingerprint density at radius 3 is 1.06 bits per heavy atom. The van der Waals surface area contributed by atoms with Gasteiger partial charge in [-0.2, -0.15) is 0 Å². The molecule has 0 aliphatic carbocycles. The summed E-state index contributed by atoms with van der Waals surface area (Å²) >= 11 is 0. The first-order valence-corrected chi connectivity index (χ1v) is 11.5. The van der Waals surface area contributed by atoms with Gasteiger partial charge in [0.1, 0.15) is 37.8 Å². The Kier molecular flexibility index (Phi) is 19.6. The van der Waals surface area contributed by atoms with Gasteiger partial charge >= 0.3 is 0 Å². The molecule has 0 fully saturated rings. The third kappa shape index (κ3) is 11.4. The first-order valence-electron chi connectivity index (χ1n) is 11.5. The lowest BCUT2D eigenvalue weighted by atomic mass is 10.3. The minimum absolute atomic E-state index is 0. The summed E-state index contributed by atoms with van der Waals surface area (Å²) in [5.74, 6) is 14.5. The average molecular weight is 668 g/mol. The minimum Gasteiger partial charge on any atom is -1.00 e. The SMILES string of the molecule is CC[N+](CC)(CC)CC#CCOc1ccc(OCC#CC[N+](CC)(CC)CC)cc1.[I-].[I-]. The summed E-state index contributed by atoms with van der Waals surface area (Å²) in [6.45, 7) is 22.7. The lowest BCUT2D eigenvalue weighted by Gasteiger charge is -2.33. The summed E-state index contributed by atoms with van der Waals surface area (Å²) in [4.78, 5) is 0. The van der Waals surface area contributed by atoms with Gasteiger partial charge in [-0.3, -0.25) is 0 Å². The van der Waals surface area contributed by atoms with Crippen molar-refractivity contribution in [2.45, 2.75) is 41.5 Å². The quantitative estimate of drug-likeness (QED) is 0.149. The molecule has 0 atom stereocenters. The van der Waals surface area contributed by atoms with E-state index in [2.05, 4.69) is 65.2 Å². The molecule has 0 spiro atoms. The zero-order valence-electron chi connectivity index (χ0n) is 20.8. The minimum atomic E-state index is 0. The van der Waals surface area contributed by atoms with Crippen LogP contribution in [0.5, 0.6) is 11.5 Å². The van der Waals surface area contributed by atoms with Crippen LogP contribution in [0.1, 0.15) is 41.5 Å². The van der Waals surface area contributed by atoms with Crippen molar-refractivity contribution in [1.29, 1.82) is 0 Å². The lowest BCUT2D eigenvalue weighted by molar-refractivity contribution is -0.916. The molecule has 0 saturated carbocycles. The molecule has 0 unspecified atom stereocenters. The van der Waals surface area contributed by atoms with Crippen molar-refractivity contribution in [1.82, 2.24) is 0 Å². The van der Waals surface area contributed by atoms with Crippen LogP contribution in [0.2, 0.25) is 0 Å². The fourth-order valence-corrected chi connectivity index (χ4v) is 3.43. The molecule has 1 aromatic rings. The van der Waals surface area contributed by atoms with E-state index >= 15 is 0 Å². The van der Waals surface area contributed by atoms with Crippen molar-refractivity contribution in [3.05, 3.63) is 24.3 Å². The first kappa shape index (κ1) is 33.5. The smallest absolute Gasteiger partial charge is 0.149 e. The monoisotopic (exact) mass is 668 g/mol. The highest BCUT2D eigenvalue weighted by molar-refractivity contribution is 5.31. The molecule has 1 rings (SSSR count). The van der Waals surface area contributed by atoms with Crippen LogP contribution in [-0.2, 0) is 0 Å². The molecular formula is C26H42I2N2O2. The molecule has 32 heavy (non-hydrogen) atoms. The van der Waals surface area contributed by atoms with Crippen LogP contribution >= 0.6 is 0 Å². The maximum Gasteiger partial charge on any atom is 0.149 e. The molecule has 1 aromatic carbocycles. The van der Waals surface area contributed by atoms with E-state index in [0.29, 0.717) is 13.2 Å². The maximum absolute atomic E-state index is 5.73. The van der Waals surface area contributed by atoms with Crippen LogP contribution < -0.4 is 57.4 Å². The van der Waals surface area contributed by atoms with E-state index in [1.807, 2.05) is 24.3 Å². The molecule has 0 aliphatic rings. The van der Waals surface area contributed by atoms with Gasteiger partial charge in [-0.25, -0.2) is 0 Å². The molecule has 0 bridgehead atoms. The summed E-state index contributed by atoms with van der Waals surface area (Å²) in [7, 11) is 0. The zero-order chi connectivity index (χ0) is 22.3. The molecule has 0 saturated heterocycles. The van der Waals surface area contributed by atoms with E-state index in [0.717, 1.165) is 72.8 Å². The fraction of sp³-hybridized carbons (Fsp3) is 0.615. The normalized spacial score (nSPS) is 10.4. The van der Waals surface area contributed by atoms with Gasteiger partial charge in [-0.1, -0.05) is 11.8 Å². The number of ether oxygens (including phenoxy) is 2. The van der Waals surface area contributed by atoms with Gasteiger partial charge in [0.05, 0.1) is 39.3 Å². The molecule has 0 aliphatic heterocycles. The summed E-state index contributed by atoms with van der Waals surface area (Å²) in [6, 6.07) is 7.67. The van der Waals surface area contributed by atoms with Crippen molar-refractivity contribution in [2.75, 3.05) is 65.6 Å². The number of nitrogens with zero attached hydrogens (tertiary/aromatic N) is 2. The molecule has 0 radical (unpaired) electrons. The van der Waals surface area contributed by atoms with Gasteiger partial charge in [0.25, 0.3) is 0 Å². The van der Waals surface area contributed by atoms with E-state index in [-0.39, 0.29) is 48.0 Å². The van der Waals surface area contributed by atoms with Crippen molar-refractivity contribution in [3.8, 4) is 35.2 Å². The van der Waals surface area contributed by atoms with Crippen LogP contribution in [0.25, 0.3) is 0 Å². The fourth-order valence-electron chi connectivity index (χ4n) is 3.43. The Hall–Kier alpha value is -0.680. The van der Waals surface area contributed by atoms with Crippen LogP contribution in [0, 0.1) is 23.7 Å². The van der Waals surface area contributed by atoms with Crippen molar-refractivity contribution >= 4 is 0 Å². The average Bonchev–Trinajstić information content (AvgIpc) is 2.80. The highest BCUT2D eigenvalue weighted by atomic mass is 127. The molecule has 6 heteroatoms. The molecule has 0 N–H and O–H groups in total. The van der Waals surface area contributed by atoms with Crippen molar-refractivity contribution < 1.29 is 66.4 Å². The van der Waals surface area contributed by atoms with Gasteiger partial charge in [-0.05, 0) is 77.6 Å². The number of benzene rings is 1. The van der Waals surface area contributed by atoms with Crippen LogP contribution in [-0.4, -0.2) is 74.5 Å². The Balaban J connectivity index is 0. The maximum atomic E-state index is 5.73. The third-order valence-electron chi connectivity index (χ3n) is 6.55. The van der Waals surface area contributed by atoms with E-state index in [9.17, 15) is 0 Å². The Labute approximate surface area is 231 Å². The van der Waals surface area contributed by atoms with E-state index in [1.165, 1.54) is 0 Å².